The summed E-state index contributed by atoms with van der Waals surface area (Å²) in [6.45, 7) is 5.50. The minimum absolute atomic E-state index is 0.311. The average Bonchev–Trinajstić information content (AvgIpc) is 2.34. The van der Waals surface area contributed by atoms with E-state index in [1.807, 2.05) is 11.0 Å². The predicted molar refractivity (Wildman–Crippen MR) is 64.0 cm³/mol. The van der Waals surface area contributed by atoms with E-state index in [0.717, 1.165) is 6.54 Å². The third kappa shape index (κ3) is 3.73. The first kappa shape index (κ1) is 12.9. The van der Waals surface area contributed by atoms with Gasteiger partial charge < -0.3 is 4.90 Å². The Morgan fingerprint density at radius 1 is 1.29 bits per heavy atom. The van der Waals surface area contributed by atoms with E-state index in [1.54, 1.807) is 6.20 Å². The van der Waals surface area contributed by atoms with Crippen molar-refractivity contribution in [2.45, 2.75) is 20.3 Å². The van der Waals surface area contributed by atoms with Crippen LogP contribution in [0.2, 0.25) is 0 Å². The van der Waals surface area contributed by atoms with Crippen molar-refractivity contribution < 1.29 is 0 Å². The molecule has 0 unspecified atom stereocenters. The lowest BCUT2D eigenvalue weighted by atomic mass is 10.2. The second kappa shape index (κ2) is 6.44. The van der Waals surface area contributed by atoms with E-state index in [4.69, 9.17) is 10.5 Å². The van der Waals surface area contributed by atoms with Gasteiger partial charge in [-0.25, -0.2) is 9.97 Å². The number of nitriles is 2. The van der Waals surface area contributed by atoms with Gasteiger partial charge in [0.2, 0.25) is 0 Å². The number of rotatable bonds is 5. The van der Waals surface area contributed by atoms with Crippen LogP contribution in [-0.4, -0.2) is 23.1 Å². The molecule has 5 heteroatoms. The molecule has 1 aromatic rings. The Kier molecular flexibility index (Phi) is 4.90. The lowest BCUT2D eigenvalue weighted by molar-refractivity contribution is 0.606. The average molecular weight is 229 g/mol. The SMILES string of the molecule is CC(C)CN(CCC#N)c1nccnc1C#N. The first-order valence-electron chi connectivity index (χ1n) is 5.52. The summed E-state index contributed by atoms with van der Waals surface area (Å²) < 4.78 is 0. The van der Waals surface area contributed by atoms with Gasteiger partial charge in [0.1, 0.15) is 6.07 Å². The van der Waals surface area contributed by atoms with Crippen LogP contribution in [0.4, 0.5) is 5.82 Å². The Morgan fingerprint density at radius 3 is 2.59 bits per heavy atom. The fourth-order valence-electron chi connectivity index (χ4n) is 1.55. The highest BCUT2D eigenvalue weighted by Gasteiger charge is 2.14. The summed E-state index contributed by atoms with van der Waals surface area (Å²) in [7, 11) is 0. The Hall–Kier alpha value is -2.14. The molecule has 0 spiro atoms. The van der Waals surface area contributed by atoms with E-state index in [1.165, 1.54) is 6.20 Å². The standard InChI is InChI=1S/C12H15N5/c1-10(2)9-17(7-3-4-13)12-11(8-14)15-5-6-16-12/h5-6,10H,3,7,9H2,1-2H3. The number of hydrogen-bond donors (Lipinski definition) is 0. The second-order valence-corrected chi connectivity index (χ2v) is 4.09. The third-order valence-electron chi connectivity index (χ3n) is 2.16. The smallest absolute Gasteiger partial charge is 0.183 e. The quantitative estimate of drug-likeness (QED) is 0.768. The fraction of sp³-hybridized carbons (Fsp3) is 0.500. The molecule has 0 amide bonds. The van der Waals surface area contributed by atoms with Crippen molar-refractivity contribution in [2.24, 2.45) is 5.92 Å². The zero-order valence-electron chi connectivity index (χ0n) is 10.1. The molecule has 88 valence electrons. The van der Waals surface area contributed by atoms with Crippen LogP contribution < -0.4 is 4.90 Å². The van der Waals surface area contributed by atoms with E-state index in [-0.39, 0.29) is 0 Å². The van der Waals surface area contributed by atoms with Gasteiger partial charge in [0.05, 0.1) is 12.5 Å². The Morgan fingerprint density at radius 2 is 2.00 bits per heavy atom. The fourth-order valence-corrected chi connectivity index (χ4v) is 1.55. The van der Waals surface area contributed by atoms with Gasteiger partial charge in [-0.05, 0) is 5.92 Å². The van der Waals surface area contributed by atoms with E-state index in [9.17, 15) is 0 Å². The van der Waals surface area contributed by atoms with Crippen LogP contribution >= 0.6 is 0 Å². The number of nitrogens with zero attached hydrogens (tertiary/aromatic N) is 5. The zero-order valence-corrected chi connectivity index (χ0v) is 10.1. The van der Waals surface area contributed by atoms with Crippen LogP contribution in [0.5, 0.6) is 0 Å². The largest absolute Gasteiger partial charge is 0.353 e. The van der Waals surface area contributed by atoms with Crippen molar-refractivity contribution in [1.82, 2.24) is 9.97 Å². The first-order valence-corrected chi connectivity index (χ1v) is 5.52. The maximum atomic E-state index is 8.98. The third-order valence-corrected chi connectivity index (χ3v) is 2.16. The second-order valence-electron chi connectivity index (χ2n) is 4.09. The van der Waals surface area contributed by atoms with Crippen molar-refractivity contribution in [3.8, 4) is 12.1 Å². The highest BCUT2D eigenvalue weighted by molar-refractivity contribution is 5.49. The monoisotopic (exact) mass is 229 g/mol. The molecule has 0 aliphatic rings. The van der Waals surface area contributed by atoms with Gasteiger partial charge in [0, 0.05) is 25.5 Å². The van der Waals surface area contributed by atoms with Crippen LogP contribution in [-0.2, 0) is 0 Å². The van der Waals surface area contributed by atoms with Gasteiger partial charge in [0.15, 0.2) is 11.5 Å². The van der Waals surface area contributed by atoms with Crippen molar-refractivity contribution in [3.05, 3.63) is 18.1 Å². The molecular weight excluding hydrogens is 214 g/mol. The summed E-state index contributed by atoms with van der Waals surface area (Å²) in [5, 5.41) is 17.6. The lowest BCUT2D eigenvalue weighted by Gasteiger charge is -2.24. The Balaban J connectivity index is 2.96. The molecule has 1 rings (SSSR count). The molecule has 0 N–H and O–H groups in total. The molecular formula is C12H15N5. The highest BCUT2D eigenvalue weighted by atomic mass is 15.2. The van der Waals surface area contributed by atoms with Crippen LogP contribution in [0.25, 0.3) is 0 Å². The van der Waals surface area contributed by atoms with E-state index in [2.05, 4.69) is 29.9 Å². The van der Waals surface area contributed by atoms with Gasteiger partial charge in [0.25, 0.3) is 0 Å². The molecule has 0 fully saturated rings. The van der Waals surface area contributed by atoms with Crippen molar-refractivity contribution in [2.75, 3.05) is 18.0 Å². The van der Waals surface area contributed by atoms with Crippen LogP contribution in [0.3, 0.4) is 0 Å². The lowest BCUT2D eigenvalue weighted by Crippen LogP contribution is -2.30. The van der Waals surface area contributed by atoms with Crippen LogP contribution in [0, 0.1) is 28.6 Å². The van der Waals surface area contributed by atoms with Gasteiger partial charge in [-0.15, -0.1) is 0 Å². The molecule has 0 radical (unpaired) electrons. The van der Waals surface area contributed by atoms with Crippen LogP contribution in [0.15, 0.2) is 12.4 Å². The maximum absolute atomic E-state index is 8.98. The molecule has 0 bridgehead atoms. The highest BCUT2D eigenvalue weighted by Crippen LogP contribution is 2.15. The maximum Gasteiger partial charge on any atom is 0.183 e. The molecule has 0 saturated heterocycles. The molecule has 0 atom stereocenters. The summed E-state index contributed by atoms with van der Waals surface area (Å²) in [5.74, 6) is 1.00. The molecule has 0 aliphatic carbocycles. The number of aromatic nitrogens is 2. The Labute approximate surface area is 101 Å². The summed E-state index contributed by atoms with van der Waals surface area (Å²) in [4.78, 5) is 10.1. The number of anilines is 1. The minimum Gasteiger partial charge on any atom is -0.353 e. The van der Waals surface area contributed by atoms with Gasteiger partial charge >= 0.3 is 0 Å². The normalized spacial score (nSPS) is 9.71. The summed E-state index contributed by atoms with van der Waals surface area (Å²) in [6.07, 6.45) is 3.48. The summed E-state index contributed by atoms with van der Waals surface area (Å²) in [6, 6.07) is 4.13. The molecule has 1 heterocycles. The molecule has 17 heavy (non-hydrogen) atoms. The zero-order chi connectivity index (χ0) is 12.7. The van der Waals surface area contributed by atoms with E-state index in [0.29, 0.717) is 30.4 Å². The number of hydrogen-bond acceptors (Lipinski definition) is 5. The van der Waals surface area contributed by atoms with Gasteiger partial charge in [-0.3, -0.25) is 0 Å². The van der Waals surface area contributed by atoms with Crippen LogP contribution in [0.1, 0.15) is 26.0 Å². The molecule has 0 saturated carbocycles. The Bertz CT molecular complexity index is 441. The minimum atomic E-state index is 0.311. The molecule has 1 aromatic heterocycles. The molecule has 0 aromatic carbocycles. The van der Waals surface area contributed by atoms with Crippen molar-refractivity contribution in [1.29, 1.82) is 10.5 Å². The van der Waals surface area contributed by atoms with E-state index >= 15 is 0 Å². The van der Waals surface area contributed by atoms with E-state index < -0.39 is 0 Å². The van der Waals surface area contributed by atoms with Crippen molar-refractivity contribution >= 4 is 5.82 Å². The summed E-state index contributed by atoms with van der Waals surface area (Å²) in [5.41, 5.74) is 0.311. The molecule has 5 nitrogen and oxygen atoms in total. The van der Waals surface area contributed by atoms with Gasteiger partial charge in [-0.1, -0.05) is 13.8 Å². The summed E-state index contributed by atoms with van der Waals surface area (Å²) >= 11 is 0. The molecule has 0 aliphatic heterocycles. The first-order chi connectivity index (χ1) is 8.19. The van der Waals surface area contributed by atoms with Crippen molar-refractivity contribution in [3.63, 3.8) is 0 Å². The van der Waals surface area contributed by atoms with Gasteiger partial charge in [-0.2, -0.15) is 10.5 Å². The predicted octanol–water partition coefficient (Wildman–Crippen LogP) is 1.72. The topological polar surface area (TPSA) is 76.6 Å².